The molecule has 0 bridgehead atoms. The minimum absolute atomic E-state index is 0.174. The third-order valence-electron chi connectivity index (χ3n) is 4.94. The largest absolute Gasteiger partial charge is 0.450 e. The van der Waals surface area contributed by atoms with E-state index in [-0.39, 0.29) is 11.9 Å². The van der Waals surface area contributed by atoms with E-state index in [1.165, 1.54) is 24.0 Å². The van der Waals surface area contributed by atoms with Gasteiger partial charge in [0.05, 0.1) is 13.2 Å². The first-order valence-electron chi connectivity index (χ1n) is 8.96. The molecule has 24 heavy (non-hydrogen) atoms. The summed E-state index contributed by atoms with van der Waals surface area (Å²) in [6, 6.07) is 6.19. The number of carbonyl (C=O) groups is 2. The lowest BCUT2D eigenvalue weighted by molar-refractivity contribution is 0.0733. The molecule has 0 atom stereocenters. The first-order chi connectivity index (χ1) is 11.7. The van der Waals surface area contributed by atoms with Crippen molar-refractivity contribution in [3.63, 3.8) is 0 Å². The Bertz CT molecular complexity index is 607. The molecule has 1 aromatic carbocycles. The van der Waals surface area contributed by atoms with Crippen LogP contribution in [0.15, 0.2) is 18.2 Å². The standard InChI is InChI=1S/C19H26N2O3/c1-2-24-19(23)21-11-9-20(10-12-21)14-18(22)17-8-7-15-5-3-4-6-16(15)13-17/h7-8,13H,2-6,9-12,14H2,1H3. The van der Waals surface area contributed by atoms with Crippen molar-refractivity contribution >= 4 is 11.9 Å². The summed E-state index contributed by atoms with van der Waals surface area (Å²) in [5, 5.41) is 0. The molecule has 2 aliphatic rings. The van der Waals surface area contributed by atoms with Crippen LogP contribution in [-0.4, -0.2) is 61.0 Å². The number of amides is 1. The first kappa shape index (κ1) is 17.0. The van der Waals surface area contributed by atoms with E-state index >= 15 is 0 Å². The quantitative estimate of drug-likeness (QED) is 0.796. The maximum atomic E-state index is 12.6. The lowest BCUT2D eigenvalue weighted by Crippen LogP contribution is -2.50. The molecule has 0 spiro atoms. The predicted octanol–water partition coefficient (Wildman–Crippen LogP) is 2.52. The summed E-state index contributed by atoms with van der Waals surface area (Å²) >= 11 is 0. The van der Waals surface area contributed by atoms with Crippen molar-refractivity contribution in [3.05, 3.63) is 34.9 Å². The molecular formula is C19H26N2O3. The first-order valence-corrected chi connectivity index (χ1v) is 8.96. The molecule has 1 saturated heterocycles. The van der Waals surface area contributed by atoms with Gasteiger partial charge < -0.3 is 9.64 Å². The number of piperazine rings is 1. The third-order valence-corrected chi connectivity index (χ3v) is 4.94. The van der Waals surface area contributed by atoms with Gasteiger partial charge in [-0.05, 0) is 49.8 Å². The number of Topliss-reactive ketones (excluding diaryl/α,β-unsaturated/α-hetero) is 1. The van der Waals surface area contributed by atoms with Crippen molar-refractivity contribution < 1.29 is 14.3 Å². The van der Waals surface area contributed by atoms with Gasteiger partial charge in [0.2, 0.25) is 0 Å². The minimum atomic E-state index is -0.252. The van der Waals surface area contributed by atoms with Gasteiger partial charge >= 0.3 is 6.09 Å². The van der Waals surface area contributed by atoms with Gasteiger partial charge in [0.25, 0.3) is 0 Å². The fraction of sp³-hybridized carbons (Fsp3) is 0.579. The van der Waals surface area contributed by atoms with Gasteiger partial charge in [-0.1, -0.05) is 12.1 Å². The summed E-state index contributed by atoms with van der Waals surface area (Å²) in [7, 11) is 0. The molecule has 130 valence electrons. The van der Waals surface area contributed by atoms with Gasteiger partial charge in [-0.2, -0.15) is 0 Å². The Balaban J connectivity index is 1.53. The topological polar surface area (TPSA) is 49.9 Å². The normalized spacial score (nSPS) is 18.1. The zero-order valence-corrected chi connectivity index (χ0v) is 14.4. The number of ketones is 1. The fourth-order valence-corrected chi connectivity index (χ4v) is 3.50. The van der Waals surface area contributed by atoms with Crippen LogP contribution < -0.4 is 0 Å². The Morgan fingerprint density at radius 1 is 1.04 bits per heavy atom. The number of hydrogen-bond donors (Lipinski definition) is 0. The van der Waals surface area contributed by atoms with Crippen LogP contribution in [0.3, 0.4) is 0 Å². The van der Waals surface area contributed by atoms with Crippen molar-refractivity contribution in [2.75, 3.05) is 39.3 Å². The van der Waals surface area contributed by atoms with Crippen molar-refractivity contribution in [3.8, 4) is 0 Å². The van der Waals surface area contributed by atoms with Crippen LogP contribution in [0.4, 0.5) is 4.79 Å². The SMILES string of the molecule is CCOC(=O)N1CCN(CC(=O)c2ccc3c(c2)CCCC3)CC1. The van der Waals surface area contributed by atoms with E-state index in [4.69, 9.17) is 4.74 Å². The van der Waals surface area contributed by atoms with Crippen LogP contribution in [0.1, 0.15) is 41.3 Å². The summed E-state index contributed by atoms with van der Waals surface area (Å²) < 4.78 is 5.02. The summed E-state index contributed by atoms with van der Waals surface area (Å²) in [5.74, 6) is 0.174. The molecule has 0 N–H and O–H groups in total. The summed E-state index contributed by atoms with van der Waals surface area (Å²) in [6.45, 7) is 5.31. The van der Waals surface area contributed by atoms with Crippen molar-refractivity contribution in [1.29, 1.82) is 0 Å². The number of nitrogens with zero attached hydrogens (tertiary/aromatic N) is 2. The second-order valence-corrected chi connectivity index (χ2v) is 6.58. The molecular weight excluding hydrogens is 304 g/mol. The number of ether oxygens (including phenoxy) is 1. The number of aryl methyl sites for hydroxylation is 2. The Morgan fingerprint density at radius 2 is 1.75 bits per heavy atom. The summed E-state index contributed by atoms with van der Waals surface area (Å²) in [6.07, 6.45) is 4.46. The van der Waals surface area contributed by atoms with Gasteiger partial charge in [0.15, 0.2) is 5.78 Å². The Morgan fingerprint density at radius 3 is 2.46 bits per heavy atom. The van der Waals surface area contributed by atoms with Gasteiger partial charge in [-0.3, -0.25) is 9.69 Å². The average Bonchev–Trinajstić information content (AvgIpc) is 2.62. The van der Waals surface area contributed by atoms with Crippen LogP contribution in [0, 0.1) is 0 Å². The predicted molar refractivity (Wildman–Crippen MR) is 92.4 cm³/mol. The van der Waals surface area contributed by atoms with Crippen molar-refractivity contribution in [1.82, 2.24) is 9.80 Å². The van der Waals surface area contributed by atoms with E-state index in [0.29, 0.717) is 26.2 Å². The van der Waals surface area contributed by atoms with Crippen molar-refractivity contribution in [2.45, 2.75) is 32.6 Å². The molecule has 5 heteroatoms. The molecule has 0 unspecified atom stereocenters. The zero-order valence-electron chi connectivity index (χ0n) is 14.4. The van der Waals surface area contributed by atoms with E-state index in [9.17, 15) is 9.59 Å². The molecule has 0 radical (unpaired) electrons. The number of rotatable bonds is 4. The van der Waals surface area contributed by atoms with E-state index in [2.05, 4.69) is 17.0 Å². The van der Waals surface area contributed by atoms with Crippen LogP contribution in [0.5, 0.6) is 0 Å². The second kappa shape index (κ2) is 7.79. The Kier molecular flexibility index (Phi) is 5.51. The minimum Gasteiger partial charge on any atom is -0.450 e. The number of benzene rings is 1. The maximum absolute atomic E-state index is 12.6. The molecule has 1 fully saturated rings. The average molecular weight is 330 g/mol. The smallest absolute Gasteiger partial charge is 0.409 e. The lowest BCUT2D eigenvalue weighted by Gasteiger charge is -2.33. The summed E-state index contributed by atoms with van der Waals surface area (Å²) in [4.78, 5) is 28.1. The molecule has 3 rings (SSSR count). The molecule has 5 nitrogen and oxygen atoms in total. The maximum Gasteiger partial charge on any atom is 0.409 e. The number of fused-ring (bicyclic) bond motifs is 1. The molecule has 1 aliphatic carbocycles. The van der Waals surface area contributed by atoms with Crippen molar-refractivity contribution in [2.24, 2.45) is 0 Å². The Labute approximate surface area is 143 Å². The molecule has 1 amide bonds. The molecule has 1 aliphatic heterocycles. The highest BCUT2D eigenvalue weighted by atomic mass is 16.6. The summed E-state index contributed by atoms with van der Waals surface area (Å²) in [5.41, 5.74) is 3.57. The van der Waals surface area contributed by atoms with E-state index in [1.807, 2.05) is 13.0 Å². The highest BCUT2D eigenvalue weighted by molar-refractivity contribution is 5.97. The van der Waals surface area contributed by atoms with Gasteiger partial charge in [0, 0.05) is 31.7 Å². The van der Waals surface area contributed by atoms with Gasteiger partial charge in [-0.15, -0.1) is 0 Å². The molecule has 0 saturated carbocycles. The monoisotopic (exact) mass is 330 g/mol. The fourth-order valence-electron chi connectivity index (χ4n) is 3.50. The lowest BCUT2D eigenvalue weighted by atomic mass is 9.90. The van der Waals surface area contributed by atoms with Crippen LogP contribution in [0.25, 0.3) is 0 Å². The number of carbonyl (C=O) groups excluding carboxylic acids is 2. The van der Waals surface area contributed by atoms with E-state index in [1.54, 1.807) is 4.90 Å². The van der Waals surface area contributed by atoms with Crippen LogP contribution in [0.2, 0.25) is 0 Å². The second-order valence-electron chi connectivity index (χ2n) is 6.58. The molecule has 0 aromatic heterocycles. The Hall–Kier alpha value is -1.88. The van der Waals surface area contributed by atoms with E-state index < -0.39 is 0 Å². The van der Waals surface area contributed by atoms with Crippen LogP contribution in [-0.2, 0) is 17.6 Å². The van der Waals surface area contributed by atoms with Crippen LogP contribution >= 0.6 is 0 Å². The third kappa shape index (κ3) is 3.96. The number of hydrogen-bond acceptors (Lipinski definition) is 4. The van der Waals surface area contributed by atoms with E-state index in [0.717, 1.165) is 31.5 Å². The highest BCUT2D eigenvalue weighted by Crippen LogP contribution is 2.22. The van der Waals surface area contributed by atoms with Gasteiger partial charge in [0.1, 0.15) is 0 Å². The zero-order chi connectivity index (χ0) is 16.9. The molecule has 1 aromatic rings. The van der Waals surface area contributed by atoms with Gasteiger partial charge in [-0.25, -0.2) is 4.79 Å². The highest BCUT2D eigenvalue weighted by Gasteiger charge is 2.23. The molecule has 1 heterocycles.